The third-order valence-corrected chi connectivity index (χ3v) is 2.48. The molecule has 0 bridgehead atoms. The molecule has 96 valence electrons. The summed E-state index contributed by atoms with van der Waals surface area (Å²) in [5, 5.41) is 8.76. The first-order valence-electron chi connectivity index (χ1n) is 5.24. The lowest BCUT2D eigenvalue weighted by Crippen LogP contribution is -2.15. The van der Waals surface area contributed by atoms with Crippen LogP contribution in [0.4, 0.5) is 0 Å². The van der Waals surface area contributed by atoms with E-state index in [1.165, 1.54) is 6.20 Å². The molecule has 0 aliphatic carbocycles. The van der Waals surface area contributed by atoms with Crippen LogP contribution in [0.25, 0.3) is 0 Å². The van der Waals surface area contributed by atoms with Gasteiger partial charge in [0.2, 0.25) is 0 Å². The molecule has 0 amide bonds. The quantitative estimate of drug-likeness (QED) is 0.780. The molecule has 1 aromatic carbocycles. The Balaban J connectivity index is 0.00000162. The van der Waals surface area contributed by atoms with Gasteiger partial charge in [0.15, 0.2) is 0 Å². The first-order valence-corrected chi connectivity index (χ1v) is 5.24. The predicted molar refractivity (Wildman–Crippen MR) is 73.0 cm³/mol. The average molecular weight is 265 g/mol. The van der Waals surface area contributed by atoms with E-state index in [1.807, 2.05) is 30.3 Å². The van der Waals surface area contributed by atoms with Gasteiger partial charge in [-0.15, -0.1) is 0 Å². The fourth-order valence-electron chi connectivity index (χ4n) is 1.60. The Hall–Kier alpha value is -1.79. The third kappa shape index (κ3) is 3.35. The van der Waals surface area contributed by atoms with Crippen LogP contribution in [0.2, 0.25) is 0 Å². The highest BCUT2D eigenvalue weighted by Crippen LogP contribution is 2.13. The van der Waals surface area contributed by atoms with Crippen LogP contribution in [0.15, 0.2) is 36.5 Å². The highest BCUT2D eigenvalue weighted by Gasteiger charge is 2.13. The van der Waals surface area contributed by atoms with Gasteiger partial charge in [-0.25, -0.2) is 9.78 Å². The normalized spacial score (nSPS) is 11.6. The molecule has 0 fully saturated rings. The largest absolute Gasteiger partial charge is 0.477 e. The zero-order chi connectivity index (χ0) is 12.3. The van der Waals surface area contributed by atoms with Gasteiger partial charge >= 0.3 is 5.97 Å². The molecule has 0 radical (unpaired) electrons. The number of carbonyl (C=O) groups is 1. The van der Waals surface area contributed by atoms with Gasteiger partial charge in [-0.05, 0) is 12.0 Å². The number of hydrogen-bond acceptors (Lipinski definition) is 3. The molecule has 5 nitrogen and oxygen atoms in total. The lowest BCUT2D eigenvalue weighted by atomic mass is 10.1. The zero-order valence-electron chi connectivity index (χ0n) is 9.63. The van der Waals surface area contributed by atoms with Crippen molar-refractivity contribution in [3.05, 3.63) is 53.6 Å². The first kappa shape index (κ1) is 14.3. The Morgan fingerprint density at radius 3 is 2.61 bits per heavy atom. The molecule has 0 aliphatic heterocycles. The second-order valence-electron chi connectivity index (χ2n) is 3.78. The Morgan fingerprint density at radius 2 is 2.06 bits per heavy atom. The monoisotopic (exact) mass is 265 g/mol. The highest BCUT2D eigenvalue weighted by molar-refractivity contribution is 7.59. The number of nitrogens with zero attached hydrogens (tertiary/aromatic N) is 1. The molecule has 0 spiro atoms. The maximum atomic E-state index is 10.7. The van der Waals surface area contributed by atoms with Crippen LogP contribution in [0.3, 0.4) is 0 Å². The number of imidazole rings is 1. The summed E-state index contributed by atoms with van der Waals surface area (Å²) in [5.74, 6) is -0.540. The molecule has 6 heteroatoms. The minimum absolute atomic E-state index is 0. The molecule has 1 aromatic heterocycles. The molecule has 4 N–H and O–H groups in total. The number of H-pyrrole nitrogens is 1. The van der Waals surface area contributed by atoms with E-state index >= 15 is 0 Å². The zero-order valence-corrected chi connectivity index (χ0v) is 10.6. The number of hydrogen-bond donors (Lipinski definition) is 3. The van der Waals surface area contributed by atoms with Crippen molar-refractivity contribution < 1.29 is 9.90 Å². The number of carboxylic acid groups (broad SMARTS) is 1. The first-order chi connectivity index (χ1) is 8.16. The molecule has 2 aromatic rings. The molecule has 1 atom stereocenters. The summed E-state index contributed by atoms with van der Waals surface area (Å²) in [4.78, 5) is 17.4. The Kier molecular flexibility index (Phi) is 4.94. The van der Waals surface area contributed by atoms with Crippen LogP contribution < -0.4 is 5.73 Å². The van der Waals surface area contributed by atoms with E-state index in [0.717, 1.165) is 5.56 Å². The van der Waals surface area contributed by atoms with E-state index in [2.05, 4.69) is 9.97 Å². The molecule has 18 heavy (non-hydrogen) atoms. The number of aromatic nitrogens is 2. The number of aromatic amines is 1. The standard InChI is InChI=1S/C12H13N3O2.H2S/c13-9(6-8-4-2-1-3-5-8)11-14-7-10(15-11)12(16)17;/h1-5,7,9H,6,13H2,(H,14,15)(H,16,17);1H2/t9-;/m0./s1. The van der Waals surface area contributed by atoms with Gasteiger partial charge in [0.05, 0.1) is 12.2 Å². The summed E-state index contributed by atoms with van der Waals surface area (Å²) in [5.41, 5.74) is 7.10. The minimum atomic E-state index is -1.03. The topological polar surface area (TPSA) is 92.0 Å². The Labute approximate surface area is 112 Å². The van der Waals surface area contributed by atoms with Gasteiger partial charge in [-0.3, -0.25) is 0 Å². The molecule has 0 aliphatic rings. The second-order valence-corrected chi connectivity index (χ2v) is 3.78. The Bertz CT molecular complexity index is 513. The number of nitrogens with one attached hydrogen (secondary N) is 1. The molecule has 0 unspecified atom stereocenters. The molecular weight excluding hydrogens is 250 g/mol. The van der Waals surface area contributed by atoms with E-state index in [-0.39, 0.29) is 25.2 Å². The lowest BCUT2D eigenvalue weighted by molar-refractivity contribution is 0.0691. The maximum Gasteiger partial charge on any atom is 0.353 e. The van der Waals surface area contributed by atoms with Crippen molar-refractivity contribution in [3.8, 4) is 0 Å². The molecule has 0 saturated carbocycles. The maximum absolute atomic E-state index is 10.7. The van der Waals surface area contributed by atoms with E-state index in [1.54, 1.807) is 0 Å². The number of carboxylic acids is 1. The summed E-state index contributed by atoms with van der Waals surface area (Å²) in [6.07, 6.45) is 1.90. The lowest BCUT2D eigenvalue weighted by Gasteiger charge is -2.08. The summed E-state index contributed by atoms with van der Waals surface area (Å²) >= 11 is 0. The predicted octanol–water partition coefficient (Wildman–Crippen LogP) is 1.46. The number of benzene rings is 1. The van der Waals surface area contributed by atoms with Gasteiger partial charge in [-0.2, -0.15) is 13.5 Å². The van der Waals surface area contributed by atoms with Gasteiger partial charge in [0.25, 0.3) is 0 Å². The Morgan fingerprint density at radius 1 is 1.39 bits per heavy atom. The third-order valence-electron chi connectivity index (χ3n) is 2.48. The SMILES string of the molecule is N[C@@H](Cc1ccccc1)c1ncc(C(=O)O)[nH]1.S. The molecule has 2 rings (SSSR count). The van der Waals surface area contributed by atoms with Crippen LogP contribution in [0, 0.1) is 0 Å². The van der Waals surface area contributed by atoms with Gasteiger partial charge < -0.3 is 15.8 Å². The average Bonchev–Trinajstić information content (AvgIpc) is 2.79. The molecule has 0 saturated heterocycles. The number of rotatable bonds is 4. The highest BCUT2D eigenvalue weighted by atomic mass is 32.1. The second kappa shape index (κ2) is 6.23. The van der Waals surface area contributed by atoms with Crippen LogP contribution in [-0.2, 0) is 6.42 Å². The fraction of sp³-hybridized carbons (Fsp3) is 0.167. The van der Waals surface area contributed by atoms with E-state index < -0.39 is 5.97 Å². The van der Waals surface area contributed by atoms with Crippen LogP contribution in [0.1, 0.15) is 27.9 Å². The minimum Gasteiger partial charge on any atom is -0.477 e. The molecular formula is C12H15N3O2S. The van der Waals surface area contributed by atoms with Gasteiger partial charge in [-0.1, -0.05) is 30.3 Å². The van der Waals surface area contributed by atoms with Crippen molar-refractivity contribution in [3.63, 3.8) is 0 Å². The van der Waals surface area contributed by atoms with Crippen molar-refractivity contribution in [2.45, 2.75) is 12.5 Å². The summed E-state index contributed by atoms with van der Waals surface area (Å²) in [7, 11) is 0. The summed E-state index contributed by atoms with van der Waals surface area (Å²) in [6.45, 7) is 0. The molecule has 1 heterocycles. The van der Waals surface area contributed by atoms with Crippen LogP contribution >= 0.6 is 13.5 Å². The van der Waals surface area contributed by atoms with E-state index in [0.29, 0.717) is 12.2 Å². The van der Waals surface area contributed by atoms with Crippen molar-refractivity contribution in [2.75, 3.05) is 0 Å². The van der Waals surface area contributed by atoms with Crippen molar-refractivity contribution in [1.82, 2.24) is 9.97 Å². The van der Waals surface area contributed by atoms with E-state index in [4.69, 9.17) is 10.8 Å². The van der Waals surface area contributed by atoms with Crippen molar-refractivity contribution in [2.24, 2.45) is 5.73 Å². The number of aromatic carboxylic acids is 1. The smallest absolute Gasteiger partial charge is 0.353 e. The van der Waals surface area contributed by atoms with Crippen molar-refractivity contribution in [1.29, 1.82) is 0 Å². The van der Waals surface area contributed by atoms with Crippen LogP contribution in [-0.4, -0.2) is 21.0 Å². The van der Waals surface area contributed by atoms with Crippen molar-refractivity contribution >= 4 is 19.5 Å². The fourth-order valence-corrected chi connectivity index (χ4v) is 1.60. The number of nitrogens with two attached hydrogens (primary N) is 1. The van der Waals surface area contributed by atoms with E-state index in [9.17, 15) is 4.79 Å². The summed E-state index contributed by atoms with van der Waals surface area (Å²) in [6, 6.07) is 9.43. The van der Waals surface area contributed by atoms with Gasteiger partial charge in [0.1, 0.15) is 11.5 Å². The summed E-state index contributed by atoms with van der Waals surface area (Å²) < 4.78 is 0. The van der Waals surface area contributed by atoms with Crippen LogP contribution in [0.5, 0.6) is 0 Å². The van der Waals surface area contributed by atoms with Gasteiger partial charge in [0, 0.05) is 0 Å².